The highest BCUT2D eigenvalue weighted by atomic mass is 16.6. The molecule has 13 heavy (non-hydrogen) atoms. The molecule has 0 aromatic carbocycles. The Morgan fingerprint density at radius 3 is 2.38 bits per heavy atom. The van der Waals surface area contributed by atoms with Gasteiger partial charge in [0, 0.05) is 0 Å². The van der Waals surface area contributed by atoms with Crippen LogP contribution in [0.5, 0.6) is 0 Å². The molecule has 0 amide bonds. The van der Waals surface area contributed by atoms with Crippen molar-refractivity contribution >= 4 is 11.9 Å². The Labute approximate surface area is 76.4 Å². The summed E-state index contributed by atoms with van der Waals surface area (Å²) >= 11 is 0. The summed E-state index contributed by atoms with van der Waals surface area (Å²) in [5.41, 5.74) is 15.5. The summed E-state index contributed by atoms with van der Waals surface area (Å²) in [5, 5.41) is 0. The lowest BCUT2D eigenvalue weighted by Crippen LogP contribution is -2.35. The Bertz CT molecular complexity index is 184. The van der Waals surface area contributed by atoms with E-state index in [9.17, 15) is 9.59 Å². The van der Waals surface area contributed by atoms with Crippen molar-refractivity contribution in [3.63, 3.8) is 0 Å². The van der Waals surface area contributed by atoms with Gasteiger partial charge in [0.15, 0.2) is 0 Å². The molecule has 0 unspecified atom stereocenters. The first-order chi connectivity index (χ1) is 6.11. The maximum absolute atomic E-state index is 11.0. The summed E-state index contributed by atoms with van der Waals surface area (Å²) in [6, 6.07) is -0.793. The Kier molecular flexibility index (Phi) is 6.03. The third-order valence-electron chi connectivity index (χ3n) is 1.40. The second kappa shape index (κ2) is 6.53. The van der Waals surface area contributed by atoms with E-state index in [4.69, 9.17) is 17.2 Å². The highest BCUT2D eigenvalue weighted by Crippen LogP contribution is 1.95. The zero-order chi connectivity index (χ0) is 10.3. The zero-order valence-corrected chi connectivity index (χ0v) is 7.36. The van der Waals surface area contributed by atoms with E-state index in [1.54, 1.807) is 0 Å². The van der Waals surface area contributed by atoms with Gasteiger partial charge in [-0.1, -0.05) is 0 Å². The summed E-state index contributed by atoms with van der Waals surface area (Å²) in [5.74, 6) is -1.52. The lowest BCUT2D eigenvalue weighted by atomic mass is 10.2. The van der Waals surface area contributed by atoms with Gasteiger partial charge >= 0.3 is 11.9 Å². The number of nitrogens with two attached hydrogens (primary N) is 3. The Morgan fingerprint density at radius 2 is 1.92 bits per heavy atom. The molecule has 76 valence electrons. The molecule has 0 aliphatic carbocycles. The van der Waals surface area contributed by atoms with Gasteiger partial charge in [0.25, 0.3) is 0 Å². The molecular weight excluding hydrogens is 174 g/mol. The standard InChI is InChI=1S/C7H15N3O3/c8-3-1-2-5(10)7(12)13-6(11)4-9/h5H,1-4,8-10H2/t5-/m1/s1. The Hall–Kier alpha value is -0.980. The minimum Gasteiger partial charge on any atom is -0.391 e. The molecule has 0 radical (unpaired) electrons. The average molecular weight is 189 g/mol. The van der Waals surface area contributed by atoms with Gasteiger partial charge < -0.3 is 21.9 Å². The number of rotatable bonds is 5. The van der Waals surface area contributed by atoms with Gasteiger partial charge in [-0.3, -0.25) is 4.79 Å². The number of ether oxygens (including phenoxy) is 1. The van der Waals surface area contributed by atoms with E-state index in [0.717, 1.165) is 0 Å². The molecule has 0 saturated carbocycles. The highest BCUT2D eigenvalue weighted by Gasteiger charge is 2.17. The zero-order valence-electron chi connectivity index (χ0n) is 7.36. The van der Waals surface area contributed by atoms with E-state index in [2.05, 4.69) is 4.74 Å². The van der Waals surface area contributed by atoms with Crippen LogP contribution in [0.3, 0.4) is 0 Å². The first-order valence-electron chi connectivity index (χ1n) is 4.02. The molecule has 6 N–H and O–H groups in total. The highest BCUT2D eigenvalue weighted by molar-refractivity contribution is 5.88. The number of hydrogen-bond acceptors (Lipinski definition) is 6. The van der Waals surface area contributed by atoms with Crippen molar-refractivity contribution in [1.29, 1.82) is 0 Å². The Morgan fingerprint density at radius 1 is 1.31 bits per heavy atom. The normalized spacial score (nSPS) is 12.2. The average Bonchev–Trinajstić information content (AvgIpc) is 2.13. The van der Waals surface area contributed by atoms with E-state index in [1.165, 1.54) is 0 Å². The summed E-state index contributed by atoms with van der Waals surface area (Å²) in [4.78, 5) is 21.5. The fraction of sp³-hybridized carbons (Fsp3) is 0.714. The molecule has 0 bridgehead atoms. The maximum Gasteiger partial charge on any atom is 0.330 e. The number of hydrogen-bond donors (Lipinski definition) is 3. The summed E-state index contributed by atoms with van der Waals surface area (Å²) in [6.45, 7) is 0.126. The fourth-order valence-electron chi connectivity index (χ4n) is 0.685. The van der Waals surface area contributed by atoms with Crippen molar-refractivity contribution in [1.82, 2.24) is 0 Å². The number of esters is 2. The molecule has 0 saturated heterocycles. The summed E-state index contributed by atoms with van der Waals surface area (Å²) < 4.78 is 4.29. The molecule has 1 atom stereocenters. The van der Waals surface area contributed by atoms with Crippen molar-refractivity contribution in [2.45, 2.75) is 18.9 Å². The molecule has 6 heteroatoms. The third-order valence-corrected chi connectivity index (χ3v) is 1.40. The molecule has 6 nitrogen and oxygen atoms in total. The van der Waals surface area contributed by atoms with Crippen LogP contribution in [0, 0.1) is 0 Å². The van der Waals surface area contributed by atoms with Gasteiger partial charge in [-0.25, -0.2) is 4.79 Å². The van der Waals surface area contributed by atoms with Crippen molar-refractivity contribution in [2.75, 3.05) is 13.1 Å². The van der Waals surface area contributed by atoms with Crippen LogP contribution < -0.4 is 17.2 Å². The lowest BCUT2D eigenvalue weighted by Gasteiger charge is -2.08. The second-order valence-electron chi connectivity index (χ2n) is 2.53. The summed E-state index contributed by atoms with van der Waals surface area (Å²) in [7, 11) is 0. The smallest absolute Gasteiger partial charge is 0.330 e. The molecule has 0 heterocycles. The van der Waals surface area contributed by atoms with E-state index in [-0.39, 0.29) is 6.54 Å². The minimum atomic E-state index is -0.793. The van der Waals surface area contributed by atoms with Gasteiger partial charge in [-0.2, -0.15) is 0 Å². The quantitative estimate of drug-likeness (QED) is 0.342. The van der Waals surface area contributed by atoms with Crippen LogP contribution in [0.4, 0.5) is 0 Å². The molecule has 0 fully saturated rings. The van der Waals surface area contributed by atoms with Gasteiger partial charge in [0.1, 0.15) is 6.04 Å². The molecule has 0 aromatic heterocycles. The van der Waals surface area contributed by atoms with E-state index in [1.807, 2.05) is 0 Å². The van der Waals surface area contributed by atoms with Crippen molar-refractivity contribution in [3.8, 4) is 0 Å². The lowest BCUT2D eigenvalue weighted by molar-refractivity contribution is -0.159. The predicted octanol–water partition coefficient (Wildman–Crippen LogP) is -1.92. The topological polar surface area (TPSA) is 121 Å². The van der Waals surface area contributed by atoms with E-state index < -0.39 is 18.0 Å². The van der Waals surface area contributed by atoms with E-state index in [0.29, 0.717) is 19.4 Å². The minimum absolute atomic E-state index is 0.324. The molecule has 0 spiro atoms. The molecule has 0 rings (SSSR count). The van der Waals surface area contributed by atoms with Crippen LogP contribution in [0.25, 0.3) is 0 Å². The van der Waals surface area contributed by atoms with Crippen LogP contribution in [0.2, 0.25) is 0 Å². The van der Waals surface area contributed by atoms with Gasteiger partial charge in [-0.05, 0) is 19.4 Å². The fourth-order valence-corrected chi connectivity index (χ4v) is 0.685. The monoisotopic (exact) mass is 189 g/mol. The maximum atomic E-state index is 11.0. The second-order valence-corrected chi connectivity index (χ2v) is 2.53. The Balaban J connectivity index is 3.75. The van der Waals surface area contributed by atoms with Gasteiger partial charge in [0.05, 0.1) is 6.54 Å². The molecule has 0 aromatic rings. The van der Waals surface area contributed by atoms with Crippen LogP contribution in [-0.2, 0) is 14.3 Å². The predicted molar refractivity (Wildman–Crippen MR) is 46.4 cm³/mol. The van der Waals surface area contributed by atoms with Crippen LogP contribution in [-0.4, -0.2) is 31.1 Å². The number of carbonyl (C=O) groups is 2. The SMILES string of the molecule is NCCC[C@@H](N)C(=O)OC(=O)CN. The van der Waals surface area contributed by atoms with Crippen molar-refractivity contribution < 1.29 is 14.3 Å². The van der Waals surface area contributed by atoms with Gasteiger partial charge in [-0.15, -0.1) is 0 Å². The van der Waals surface area contributed by atoms with Crippen molar-refractivity contribution in [3.05, 3.63) is 0 Å². The van der Waals surface area contributed by atoms with Crippen LogP contribution >= 0.6 is 0 Å². The molecule has 0 aliphatic heterocycles. The molecule has 0 aliphatic rings. The number of carbonyl (C=O) groups excluding carboxylic acids is 2. The first kappa shape index (κ1) is 12.0. The van der Waals surface area contributed by atoms with E-state index >= 15 is 0 Å². The van der Waals surface area contributed by atoms with Crippen molar-refractivity contribution in [2.24, 2.45) is 17.2 Å². The van der Waals surface area contributed by atoms with Crippen LogP contribution in [0.1, 0.15) is 12.8 Å². The summed E-state index contributed by atoms with van der Waals surface area (Å²) in [6.07, 6.45) is 1.03. The van der Waals surface area contributed by atoms with Gasteiger partial charge in [0.2, 0.25) is 0 Å². The first-order valence-corrected chi connectivity index (χ1v) is 4.02. The molecular formula is C7H15N3O3. The van der Waals surface area contributed by atoms with Crippen LogP contribution in [0.15, 0.2) is 0 Å². The largest absolute Gasteiger partial charge is 0.391 e. The third kappa shape index (κ3) is 5.29.